The lowest BCUT2D eigenvalue weighted by Gasteiger charge is -2.19. The normalized spacial score (nSPS) is 12.4. The summed E-state index contributed by atoms with van der Waals surface area (Å²) in [6, 6.07) is 10.6. The third kappa shape index (κ3) is 3.82. The molecule has 0 radical (unpaired) electrons. The molecule has 1 N–H and O–H groups in total. The Morgan fingerprint density at radius 1 is 1.20 bits per heavy atom. The molecule has 2 aromatic rings. The summed E-state index contributed by atoms with van der Waals surface area (Å²) >= 11 is 13.1. The van der Waals surface area contributed by atoms with Gasteiger partial charge in [0.2, 0.25) is 0 Å². The molecule has 2 rings (SSSR count). The minimum Gasteiger partial charge on any atom is -0.313 e. The van der Waals surface area contributed by atoms with Crippen LogP contribution in [0.25, 0.3) is 0 Å². The number of hydrogen-bond acceptors (Lipinski definition) is 1. The van der Waals surface area contributed by atoms with Crippen molar-refractivity contribution in [3.05, 3.63) is 67.3 Å². The second-order valence-electron chi connectivity index (χ2n) is 4.45. The predicted molar refractivity (Wildman–Crippen MR) is 88.8 cm³/mol. The lowest BCUT2D eigenvalue weighted by molar-refractivity contribution is 0.583. The monoisotopic (exact) mass is 419 g/mol. The molecule has 0 saturated carbocycles. The van der Waals surface area contributed by atoms with Gasteiger partial charge in [-0.15, -0.1) is 0 Å². The van der Waals surface area contributed by atoms with E-state index in [1.807, 2.05) is 25.2 Å². The molecule has 0 aliphatic carbocycles. The molecular weight excluding hydrogens is 408 g/mol. The molecule has 0 amide bonds. The van der Waals surface area contributed by atoms with Crippen molar-refractivity contribution in [2.24, 2.45) is 0 Å². The van der Waals surface area contributed by atoms with Crippen LogP contribution in [0.1, 0.15) is 17.2 Å². The maximum absolute atomic E-state index is 13.2. The van der Waals surface area contributed by atoms with E-state index >= 15 is 0 Å². The van der Waals surface area contributed by atoms with Gasteiger partial charge in [-0.25, -0.2) is 4.39 Å². The van der Waals surface area contributed by atoms with Crippen LogP contribution >= 0.6 is 43.5 Å². The average molecular weight is 422 g/mol. The molecular formula is C15H13Br2ClFN. The molecule has 0 aliphatic heterocycles. The Kier molecular flexibility index (Phi) is 5.61. The largest absolute Gasteiger partial charge is 0.313 e. The van der Waals surface area contributed by atoms with Crippen LogP contribution in [0.3, 0.4) is 0 Å². The molecule has 1 unspecified atom stereocenters. The Morgan fingerprint density at radius 2 is 1.95 bits per heavy atom. The van der Waals surface area contributed by atoms with Crippen LogP contribution in [0.4, 0.5) is 4.39 Å². The predicted octanol–water partition coefficient (Wildman–Crippen LogP) is 5.51. The van der Waals surface area contributed by atoms with Gasteiger partial charge in [-0.05, 0) is 48.9 Å². The minimum atomic E-state index is -0.253. The fourth-order valence-corrected chi connectivity index (χ4v) is 3.44. The zero-order valence-corrected chi connectivity index (χ0v) is 14.7. The van der Waals surface area contributed by atoms with Crippen molar-refractivity contribution in [1.82, 2.24) is 5.32 Å². The molecule has 1 nitrogen and oxygen atoms in total. The highest BCUT2D eigenvalue weighted by Gasteiger charge is 2.15. The van der Waals surface area contributed by atoms with Gasteiger partial charge < -0.3 is 5.32 Å². The van der Waals surface area contributed by atoms with E-state index in [-0.39, 0.29) is 11.9 Å². The number of halogens is 4. The lowest BCUT2D eigenvalue weighted by atomic mass is 9.99. The molecule has 0 fully saturated rings. The van der Waals surface area contributed by atoms with Gasteiger partial charge in [0.25, 0.3) is 0 Å². The van der Waals surface area contributed by atoms with E-state index in [4.69, 9.17) is 11.6 Å². The van der Waals surface area contributed by atoms with Gasteiger partial charge in [0, 0.05) is 20.0 Å². The maximum Gasteiger partial charge on any atom is 0.124 e. The number of likely N-dealkylation sites (N-methyl/N-ethyl adjacent to an activating group) is 1. The highest BCUT2D eigenvalue weighted by molar-refractivity contribution is 9.10. The van der Waals surface area contributed by atoms with E-state index in [9.17, 15) is 4.39 Å². The molecule has 0 aromatic heterocycles. The molecule has 106 valence electrons. The molecule has 1 atom stereocenters. The van der Waals surface area contributed by atoms with Crippen LogP contribution in [-0.4, -0.2) is 7.05 Å². The Labute approximate surface area is 139 Å². The van der Waals surface area contributed by atoms with Gasteiger partial charge in [-0.1, -0.05) is 55.6 Å². The van der Waals surface area contributed by atoms with Crippen LogP contribution in [0.5, 0.6) is 0 Å². The highest BCUT2D eigenvalue weighted by atomic mass is 79.9. The Bertz CT molecular complexity index is 619. The number of benzene rings is 2. The maximum atomic E-state index is 13.2. The third-order valence-corrected chi connectivity index (χ3v) is 4.66. The fraction of sp³-hybridized carbons (Fsp3) is 0.200. The summed E-state index contributed by atoms with van der Waals surface area (Å²) in [6.07, 6.45) is 0.729. The number of hydrogen-bond donors (Lipinski definition) is 1. The first-order valence-corrected chi connectivity index (χ1v) is 8.04. The van der Waals surface area contributed by atoms with E-state index in [1.165, 1.54) is 12.1 Å². The molecule has 20 heavy (non-hydrogen) atoms. The zero-order chi connectivity index (χ0) is 14.7. The van der Waals surface area contributed by atoms with Crippen LogP contribution in [0.15, 0.2) is 45.3 Å². The van der Waals surface area contributed by atoms with E-state index < -0.39 is 0 Å². The molecule has 0 saturated heterocycles. The zero-order valence-electron chi connectivity index (χ0n) is 10.8. The fourth-order valence-electron chi connectivity index (χ4n) is 2.06. The summed E-state index contributed by atoms with van der Waals surface area (Å²) in [6.45, 7) is 0. The topological polar surface area (TPSA) is 12.0 Å². The highest BCUT2D eigenvalue weighted by Crippen LogP contribution is 2.30. The summed E-state index contributed by atoms with van der Waals surface area (Å²) in [4.78, 5) is 0. The smallest absolute Gasteiger partial charge is 0.124 e. The van der Waals surface area contributed by atoms with Gasteiger partial charge in [-0.2, -0.15) is 0 Å². The SMILES string of the molecule is CNC(Cc1ccc(Br)cc1Cl)c1ccc(F)cc1Br. The van der Waals surface area contributed by atoms with Crippen molar-refractivity contribution in [2.75, 3.05) is 7.05 Å². The summed E-state index contributed by atoms with van der Waals surface area (Å²) in [5, 5.41) is 3.97. The van der Waals surface area contributed by atoms with Gasteiger partial charge in [0.05, 0.1) is 0 Å². The van der Waals surface area contributed by atoms with Gasteiger partial charge in [0.15, 0.2) is 0 Å². The van der Waals surface area contributed by atoms with E-state index in [0.717, 1.165) is 31.5 Å². The summed E-state index contributed by atoms with van der Waals surface area (Å²) < 4.78 is 14.9. The third-order valence-electron chi connectivity index (χ3n) is 3.13. The van der Waals surface area contributed by atoms with E-state index in [0.29, 0.717) is 0 Å². The number of rotatable bonds is 4. The van der Waals surface area contributed by atoms with Crippen molar-refractivity contribution in [3.63, 3.8) is 0 Å². The Morgan fingerprint density at radius 3 is 2.55 bits per heavy atom. The van der Waals surface area contributed by atoms with Crippen molar-refractivity contribution in [1.29, 1.82) is 0 Å². The van der Waals surface area contributed by atoms with Crippen LogP contribution < -0.4 is 5.32 Å². The Balaban J connectivity index is 2.28. The molecule has 2 aromatic carbocycles. The second-order valence-corrected chi connectivity index (χ2v) is 6.62. The second kappa shape index (κ2) is 7.03. The van der Waals surface area contributed by atoms with E-state index in [2.05, 4.69) is 37.2 Å². The first kappa shape index (κ1) is 16.0. The van der Waals surface area contributed by atoms with Crippen LogP contribution in [0.2, 0.25) is 5.02 Å². The quantitative estimate of drug-likeness (QED) is 0.687. The first-order chi connectivity index (χ1) is 9.51. The first-order valence-electron chi connectivity index (χ1n) is 6.07. The summed E-state index contributed by atoms with van der Waals surface area (Å²) in [5.41, 5.74) is 2.05. The van der Waals surface area contributed by atoms with Gasteiger partial charge in [0.1, 0.15) is 5.82 Å². The van der Waals surface area contributed by atoms with Crippen molar-refractivity contribution in [2.45, 2.75) is 12.5 Å². The minimum absolute atomic E-state index is 0.0589. The molecule has 0 spiro atoms. The van der Waals surface area contributed by atoms with Gasteiger partial charge >= 0.3 is 0 Å². The van der Waals surface area contributed by atoms with Gasteiger partial charge in [-0.3, -0.25) is 0 Å². The Hall–Kier alpha value is -0.420. The molecule has 0 bridgehead atoms. The molecule has 0 heterocycles. The molecule has 0 aliphatic rings. The molecule has 5 heteroatoms. The van der Waals surface area contributed by atoms with Crippen molar-refractivity contribution < 1.29 is 4.39 Å². The number of nitrogens with one attached hydrogen (secondary N) is 1. The van der Waals surface area contributed by atoms with Crippen molar-refractivity contribution in [3.8, 4) is 0 Å². The summed E-state index contributed by atoms with van der Waals surface area (Å²) in [7, 11) is 1.88. The van der Waals surface area contributed by atoms with E-state index in [1.54, 1.807) is 6.07 Å². The standard InChI is InChI=1S/C15H13Br2ClFN/c1-20-15(12-5-4-11(19)8-13(12)17)6-9-2-3-10(16)7-14(9)18/h2-5,7-8,15,20H,6H2,1H3. The van der Waals surface area contributed by atoms with Crippen LogP contribution in [0, 0.1) is 5.82 Å². The van der Waals surface area contributed by atoms with Crippen LogP contribution in [-0.2, 0) is 6.42 Å². The average Bonchev–Trinajstić information content (AvgIpc) is 2.39. The summed E-state index contributed by atoms with van der Waals surface area (Å²) in [5.74, 6) is -0.253. The lowest BCUT2D eigenvalue weighted by Crippen LogP contribution is -2.19. The van der Waals surface area contributed by atoms with Crippen molar-refractivity contribution >= 4 is 43.5 Å².